The molecular weight excluding hydrogens is 214 g/mol. The van der Waals surface area contributed by atoms with E-state index in [0.29, 0.717) is 12.0 Å². The Kier molecular flexibility index (Phi) is 5.36. The van der Waals surface area contributed by atoms with Gasteiger partial charge in [-0.05, 0) is 43.2 Å². The Morgan fingerprint density at radius 2 is 1.94 bits per heavy atom. The maximum absolute atomic E-state index is 5.75. The van der Waals surface area contributed by atoms with Crippen molar-refractivity contribution >= 4 is 12.6 Å². The molecule has 1 aromatic rings. The molecule has 2 heteroatoms. The lowest BCUT2D eigenvalue weighted by Gasteiger charge is -2.13. The zero-order valence-electron chi connectivity index (χ0n) is 10.5. The molecule has 0 radical (unpaired) electrons. The van der Waals surface area contributed by atoms with Crippen LogP contribution in [0.2, 0.25) is 0 Å². The van der Waals surface area contributed by atoms with Crippen LogP contribution in [0.5, 0.6) is 0 Å². The molecule has 0 aliphatic rings. The van der Waals surface area contributed by atoms with Crippen LogP contribution in [0.15, 0.2) is 23.1 Å². The first kappa shape index (κ1) is 13.6. The van der Waals surface area contributed by atoms with Crippen LogP contribution in [0, 0.1) is 0 Å². The number of hydrogen-bond acceptors (Lipinski definition) is 2. The van der Waals surface area contributed by atoms with E-state index in [0.717, 1.165) is 19.3 Å². The van der Waals surface area contributed by atoms with E-state index in [4.69, 9.17) is 5.73 Å². The second-order valence-electron chi connectivity index (χ2n) is 4.88. The summed E-state index contributed by atoms with van der Waals surface area (Å²) >= 11 is 4.64. The van der Waals surface area contributed by atoms with Crippen LogP contribution in [0.4, 0.5) is 0 Å². The molecule has 0 aliphatic heterocycles. The average molecular weight is 237 g/mol. The third kappa shape index (κ3) is 3.84. The summed E-state index contributed by atoms with van der Waals surface area (Å²) in [6.45, 7) is 6.48. The lowest BCUT2D eigenvalue weighted by atomic mass is 9.98. The van der Waals surface area contributed by atoms with Gasteiger partial charge in [0.25, 0.3) is 0 Å². The van der Waals surface area contributed by atoms with Gasteiger partial charge in [0.2, 0.25) is 0 Å². The smallest absolute Gasteiger partial charge is 0.0107 e. The molecule has 1 atom stereocenters. The molecular formula is C14H23NS. The average Bonchev–Trinajstić information content (AvgIpc) is 2.19. The van der Waals surface area contributed by atoms with Crippen molar-refractivity contribution in [2.75, 3.05) is 0 Å². The Morgan fingerprint density at radius 3 is 2.50 bits per heavy atom. The molecule has 0 saturated carbocycles. The molecule has 0 bridgehead atoms. The van der Waals surface area contributed by atoms with E-state index >= 15 is 0 Å². The summed E-state index contributed by atoms with van der Waals surface area (Å²) in [5, 5.41) is 0. The van der Waals surface area contributed by atoms with E-state index < -0.39 is 0 Å². The molecule has 90 valence electrons. The number of thiol groups is 1. The van der Waals surface area contributed by atoms with E-state index in [-0.39, 0.29) is 0 Å². The highest BCUT2D eigenvalue weighted by Gasteiger charge is 2.07. The van der Waals surface area contributed by atoms with Gasteiger partial charge in [-0.3, -0.25) is 0 Å². The van der Waals surface area contributed by atoms with Gasteiger partial charge in [0.1, 0.15) is 0 Å². The monoisotopic (exact) mass is 237 g/mol. The van der Waals surface area contributed by atoms with Crippen LogP contribution < -0.4 is 5.73 Å². The number of rotatable bonds is 5. The highest BCUT2D eigenvalue weighted by molar-refractivity contribution is 7.80. The summed E-state index contributed by atoms with van der Waals surface area (Å²) in [6.07, 6.45) is 3.31. The Morgan fingerprint density at radius 1 is 1.25 bits per heavy atom. The first-order valence-electron chi connectivity index (χ1n) is 6.08. The molecule has 1 nitrogen and oxygen atoms in total. The summed E-state index contributed by atoms with van der Waals surface area (Å²) in [6, 6.07) is 6.78. The van der Waals surface area contributed by atoms with E-state index in [1.165, 1.54) is 16.0 Å². The second-order valence-corrected chi connectivity index (χ2v) is 5.33. The number of hydrogen-bond donors (Lipinski definition) is 2. The third-order valence-corrected chi connectivity index (χ3v) is 3.42. The molecule has 1 unspecified atom stereocenters. The summed E-state index contributed by atoms with van der Waals surface area (Å²) in [5.74, 6) is 0.542. The maximum atomic E-state index is 5.75. The van der Waals surface area contributed by atoms with Crippen LogP contribution in [0.3, 0.4) is 0 Å². The molecule has 0 heterocycles. The van der Waals surface area contributed by atoms with Gasteiger partial charge in [-0.2, -0.15) is 0 Å². The minimum Gasteiger partial charge on any atom is -0.328 e. The molecule has 0 fully saturated rings. The molecule has 2 N–H and O–H groups in total. The zero-order chi connectivity index (χ0) is 12.1. The van der Waals surface area contributed by atoms with E-state index in [1.54, 1.807) is 0 Å². The number of nitrogens with two attached hydrogens (primary N) is 1. The molecule has 0 saturated heterocycles. The summed E-state index contributed by atoms with van der Waals surface area (Å²) in [7, 11) is 0. The highest BCUT2D eigenvalue weighted by Crippen LogP contribution is 2.26. The van der Waals surface area contributed by atoms with Crippen molar-refractivity contribution in [3.8, 4) is 0 Å². The lowest BCUT2D eigenvalue weighted by Crippen LogP contribution is -2.14. The van der Waals surface area contributed by atoms with Crippen LogP contribution in [-0.4, -0.2) is 6.04 Å². The molecule has 0 aromatic heterocycles. The van der Waals surface area contributed by atoms with Gasteiger partial charge in [-0.15, -0.1) is 12.6 Å². The Hall–Kier alpha value is -0.470. The lowest BCUT2D eigenvalue weighted by molar-refractivity contribution is 0.621. The van der Waals surface area contributed by atoms with Crippen LogP contribution in [0.1, 0.15) is 50.7 Å². The van der Waals surface area contributed by atoms with Crippen molar-refractivity contribution in [1.82, 2.24) is 0 Å². The Labute approximate surface area is 105 Å². The minimum atomic E-state index is 0.302. The van der Waals surface area contributed by atoms with Gasteiger partial charge in [0.05, 0.1) is 0 Å². The number of aryl methyl sites for hydroxylation is 1. The molecule has 0 amide bonds. The van der Waals surface area contributed by atoms with Gasteiger partial charge in [0.15, 0.2) is 0 Å². The van der Waals surface area contributed by atoms with E-state index in [9.17, 15) is 0 Å². The first-order chi connectivity index (χ1) is 7.52. The fraction of sp³-hybridized carbons (Fsp3) is 0.571. The third-order valence-electron chi connectivity index (χ3n) is 2.88. The van der Waals surface area contributed by atoms with Crippen molar-refractivity contribution < 1.29 is 0 Å². The molecule has 1 rings (SSSR count). The zero-order valence-corrected chi connectivity index (χ0v) is 11.4. The van der Waals surface area contributed by atoms with Gasteiger partial charge in [0, 0.05) is 10.9 Å². The van der Waals surface area contributed by atoms with Gasteiger partial charge < -0.3 is 5.73 Å². The second kappa shape index (κ2) is 6.31. The summed E-state index contributed by atoms with van der Waals surface area (Å²) in [5.41, 5.74) is 8.46. The molecule has 0 spiro atoms. The summed E-state index contributed by atoms with van der Waals surface area (Å²) in [4.78, 5) is 1.17. The van der Waals surface area contributed by atoms with Gasteiger partial charge in [-0.25, -0.2) is 0 Å². The Balaban J connectivity index is 2.70. The van der Waals surface area contributed by atoms with Crippen molar-refractivity contribution in [1.29, 1.82) is 0 Å². The Bertz CT molecular complexity index is 332. The van der Waals surface area contributed by atoms with Crippen molar-refractivity contribution in [2.45, 2.75) is 56.9 Å². The summed E-state index contributed by atoms with van der Waals surface area (Å²) < 4.78 is 0. The predicted octanol–water partition coefficient (Wildman–Crippen LogP) is 3.77. The van der Waals surface area contributed by atoms with Gasteiger partial charge >= 0.3 is 0 Å². The quantitative estimate of drug-likeness (QED) is 0.749. The van der Waals surface area contributed by atoms with Crippen molar-refractivity contribution in [2.24, 2.45) is 5.73 Å². The topological polar surface area (TPSA) is 26.0 Å². The van der Waals surface area contributed by atoms with Crippen molar-refractivity contribution in [3.63, 3.8) is 0 Å². The highest BCUT2D eigenvalue weighted by atomic mass is 32.1. The fourth-order valence-corrected chi connectivity index (χ4v) is 2.41. The molecule has 16 heavy (non-hydrogen) atoms. The number of benzene rings is 1. The maximum Gasteiger partial charge on any atom is 0.0107 e. The van der Waals surface area contributed by atoms with E-state index in [2.05, 4.69) is 51.6 Å². The van der Waals surface area contributed by atoms with Gasteiger partial charge in [-0.1, -0.05) is 32.0 Å². The fourth-order valence-electron chi connectivity index (χ4n) is 1.89. The predicted molar refractivity (Wildman–Crippen MR) is 74.4 cm³/mol. The van der Waals surface area contributed by atoms with Crippen molar-refractivity contribution in [3.05, 3.63) is 29.3 Å². The van der Waals surface area contributed by atoms with Crippen LogP contribution in [-0.2, 0) is 6.42 Å². The molecule has 0 aliphatic carbocycles. The van der Waals surface area contributed by atoms with Crippen LogP contribution >= 0.6 is 12.6 Å². The largest absolute Gasteiger partial charge is 0.328 e. The normalized spacial score (nSPS) is 13.1. The van der Waals surface area contributed by atoms with E-state index in [1.807, 2.05) is 0 Å². The standard InChI is InChI=1S/C14H23NS/c1-10(2)13-9-5-8-12(14(13)16)7-4-6-11(3)15/h5,8-11,16H,4,6-7,15H2,1-3H3. The SMILES string of the molecule is CC(N)CCCc1cccc(C(C)C)c1S. The molecule has 1 aromatic carbocycles. The first-order valence-corrected chi connectivity index (χ1v) is 6.53. The van der Waals surface area contributed by atoms with Crippen LogP contribution in [0.25, 0.3) is 0 Å². The minimum absolute atomic E-state index is 0.302.